The average Bonchev–Trinajstić information content (AvgIpc) is 2.68. The first-order chi connectivity index (χ1) is 13.3. The van der Waals surface area contributed by atoms with E-state index in [2.05, 4.69) is 20.6 Å². The summed E-state index contributed by atoms with van der Waals surface area (Å²) in [6.45, 7) is 9.04. The van der Waals surface area contributed by atoms with E-state index in [9.17, 15) is 9.59 Å². The van der Waals surface area contributed by atoms with Crippen molar-refractivity contribution in [2.75, 3.05) is 18.4 Å². The third-order valence-electron chi connectivity index (χ3n) is 4.96. The van der Waals surface area contributed by atoms with Crippen LogP contribution >= 0.6 is 0 Å². The first kappa shape index (κ1) is 19.8. The van der Waals surface area contributed by atoms with Gasteiger partial charge in [-0.15, -0.1) is 0 Å². The Balaban J connectivity index is 1.84. The van der Waals surface area contributed by atoms with Gasteiger partial charge in [-0.2, -0.15) is 0 Å². The number of nitrogens with zero attached hydrogens (tertiary/aromatic N) is 3. The van der Waals surface area contributed by atoms with Crippen LogP contribution in [0.4, 0.5) is 5.82 Å². The summed E-state index contributed by atoms with van der Waals surface area (Å²) in [5.41, 5.74) is 1.22. The van der Waals surface area contributed by atoms with Gasteiger partial charge in [0.2, 0.25) is 5.91 Å². The zero-order chi connectivity index (χ0) is 20.3. The molecule has 0 saturated carbocycles. The Morgan fingerprint density at radius 3 is 2.68 bits per heavy atom. The van der Waals surface area contributed by atoms with Crippen molar-refractivity contribution in [3.05, 3.63) is 53.5 Å². The number of nitrogens with one attached hydrogen (secondary N) is 2. The van der Waals surface area contributed by atoms with Crippen LogP contribution in [-0.2, 0) is 11.3 Å². The van der Waals surface area contributed by atoms with Crippen LogP contribution in [-0.4, -0.2) is 45.3 Å². The van der Waals surface area contributed by atoms with Gasteiger partial charge in [0.1, 0.15) is 17.1 Å². The summed E-state index contributed by atoms with van der Waals surface area (Å²) in [5, 5.41) is 6.12. The fourth-order valence-corrected chi connectivity index (χ4v) is 3.22. The molecule has 1 aliphatic rings. The van der Waals surface area contributed by atoms with Crippen LogP contribution in [0.5, 0.6) is 0 Å². The molecule has 7 nitrogen and oxygen atoms in total. The molecule has 1 aromatic carbocycles. The number of carbonyl (C=O) groups is 2. The molecule has 7 heteroatoms. The summed E-state index contributed by atoms with van der Waals surface area (Å²) < 4.78 is 0. The SMILES string of the molecule is CC(C)c1nc(C(=O)N2CCNC(=O)C2(C)C)cnc1NCc1ccccc1. The van der Waals surface area contributed by atoms with E-state index in [1.54, 1.807) is 18.7 Å². The van der Waals surface area contributed by atoms with E-state index in [1.807, 2.05) is 44.2 Å². The highest BCUT2D eigenvalue weighted by Gasteiger charge is 2.41. The monoisotopic (exact) mass is 381 g/mol. The van der Waals surface area contributed by atoms with E-state index >= 15 is 0 Å². The van der Waals surface area contributed by atoms with E-state index in [4.69, 9.17) is 0 Å². The fourth-order valence-electron chi connectivity index (χ4n) is 3.22. The van der Waals surface area contributed by atoms with E-state index in [-0.39, 0.29) is 23.4 Å². The van der Waals surface area contributed by atoms with Crippen LogP contribution in [0.3, 0.4) is 0 Å². The Hall–Kier alpha value is -2.96. The van der Waals surface area contributed by atoms with Gasteiger partial charge in [0.15, 0.2) is 0 Å². The van der Waals surface area contributed by atoms with Crippen molar-refractivity contribution in [3.8, 4) is 0 Å². The van der Waals surface area contributed by atoms with Gasteiger partial charge < -0.3 is 15.5 Å². The van der Waals surface area contributed by atoms with Crippen molar-refractivity contribution in [1.82, 2.24) is 20.2 Å². The van der Waals surface area contributed by atoms with Crippen molar-refractivity contribution in [1.29, 1.82) is 0 Å². The lowest BCUT2D eigenvalue weighted by Gasteiger charge is -2.40. The quantitative estimate of drug-likeness (QED) is 0.831. The molecule has 3 rings (SSSR count). The zero-order valence-corrected chi connectivity index (χ0v) is 16.8. The van der Waals surface area contributed by atoms with Gasteiger partial charge in [-0.3, -0.25) is 9.59 Å². The molecular formula is C21H27N5O2. The van der Waals surface area contributed by atoms with Gasteiger partial charge in [0.05, 0.1) is 11.9 Å². The summed E-state index contributed by atoms with van der Waals surface area (Å²) >= 11 is 0. The number of amides is 2. The first-order valence-corrected chi connectivity index (χ1v) is 9.55. The van der Waals surface area contributed by atoms with Crippen LogP contribution in [0.2, 0.25) is 0 Å². The lowest BCUT2D eigenvalue weighted by molar-refractivity contribution is -0.133. The molecule has 2 amide bonds. The molecular weight excluding hydrogens is 354 g/mol. The van der Waals surface area contributed by atoms with Crippen molar-refractivity contribution in [3.63, 3.8) is 0 Å². The molecule has 2 N–H and O–H groups in total. The smallest absolute Gasteiger partial charge is 0.275 e. The summed E-state index contributed by atoms with van der Waals surface area (Å²) in [7, 11) is 0. The number of hydrogen-bond acceptors (Lipinski definition) is 5. The number of benzene rings is 1. The van der Waals surface area contributed by atoms with E-state index in [1.165, 1.54) is 6.20 Å². The van der Waals surface area contributed by atoms with Crippen molar-refractivity contribution in [2.24, 2.45) is 0 Å². The van der Waals surface area contributed by atoms with Crippen LogP contribution in [0.25, 0.3) is 0 Å². The number of piperazine rings is 1. The minimum atomic E-state index is -0.917. The third-order valence-corrected chi connectivity index (χ3v) is 4.96. The molecule has 0 atom stereocenters. The summed E-state index contributed by atoms with van der Waals surface area (Å²) in [5.74, 6) is 0.330. The first-order valence-electron chi connectivity index (χ1n) is 9.55. The van der Waals surface area contributed by atoms with Crippen molar-refractivity contribution >= 4 is 17.6 Å². The molecule has 0 radical (unpaired) electrons. The second-order valence-electron chi connectivity index (χ2n) is 7.75. The molecule has 0 spiro atoms. The number of aromatic nitrogens is 2. The minimum Gasteiger partial charge on any atom is -0.364 e. The number of carbonyl (C=O) groups excluding carboxylic acids is 2. The molecule has 1 aromatic heterocycles. The van der Waals surface area contributed by atoms with Gasteiger partial charge in [-0.05, 0) is 25.3 Å². The molecule has 0 bridgehead atoms. The molecule has 1 fully saturated rings. The summed E-state index contributed by atoms with van der Waals surface area (Å²) in [4.78, 5) is 35.9. The average molecular weight is 381 g/mol. The van der Waals surface area contributed by atoms with Crippen LogP contribution in [0, 0.1) is 0 Å². The standard InChI is InChI=1S/C21H27N5O2/c1-14(2)17-18(23-12-15-8-6-5-7-9-15)24-13-16(25-17)19(27)26-11-10-22-20(28)21(26,3)4/h5-9,13-14H,10-12H2,1-4H3,(H,22,28)(H,23,24). The predicted octanol–water partition coefficient (Wildman–Crippen LogP) is 2.56. The molecule has 0 aliphatic carbocycles. The lowest BCUT2D eigenvalue weighted by atomic mass is 9.98. The van der Waals surface area contributed by atoms with Crippen molar-refractivity contribution < 1.29 is 9.59 Å². The van der Waals surface area contributed by atoms with Crippen LogP contribution in [0.1, 0.15) is 55.4 Å². The molecule has 1 aliphatic heterocycles. The van der Waals surface area contributed by atoms with Crippen LogP contribution in [0.15, 0.2) is 36.5 Å². The van der Waals surface area contributed by atoms with Gasteiger partial charge in [0.25, 0.3) is 5.91 Å². The normalized spacial score (nSPS) is 16.0. The molecule has 1 saturated heterocycles. The highest BCUT2D eigenvalue weighted by molar-refractivity contribution is 5.98. The minimum absolute atomic E-state index is 0.0937. The van der Waals surface area contributed by atoms with Crippen LogP contribution < -0.4 is 10.6 Å². The Kier molecular flexibility index (Phi) is 5.63. The highest BCUT2D eigenvalue weighted by atomic mass is 16.2. The van der Waals surface area contributed by atoms with Crippen molar-refractivity contribution in [2.45, 2.75) is 45.7 Å². The van der Waals surface area contributed by atoms with Gasteiger partial charge in [0, 0.05) is 19.6 Å². The molecule has 28 heavy (non-hydrogen) atoms. The molecule has 0 unspecified atom stereocenters. The zero-order valence-electron chi connectivity index (χ0n) is 16.8. The fraction of sp³-hybridized carbons (Fsp3) is 0.429. The molecule has 2 heterocycles. The second kappa shape index (κ2) is 7.96. The molecule has 148 valence electrons. The topological polar surface area (TPSA) is 87.2 Å². The highest BCUT2D eigenvalue weighted by Crippen LogP contribution is 2.24. The Labute approximate surface area is 165 Å². The predicted molar refractivity (Wildman–Crippen MR) is 108 cm³/mol. The Bertz CT molecular complexity index is 864. The number of hydrogen-bond donors (Lipinski definition) is 2. The Morgan fingerprint density at radius 1 is 1.29 bits per heavy atom. The maximum atomic E-state index is 13.0. The number of rotatable bonds is 5. The third kappa shape index (κ3) is 3.98. The maximum absolute atomic E-state index is 13.0. The van der Waals surface area contributed by atoms with E-state index < -0.39 is 5.54 Å². The van der Waals surface area contributed by atoms with Gasteiger partial charge in [-0.25, -0.2) is 9.97 Å². The molecule has 2 aromatic rings. The van der Waals surface area contributed by atoms with Gasteiger partial charge >= 0.3 is 0 Å². The second-order valence-corrected chi connectivity index (χ2v) is 7.75. The Morgan fingerprint density at radius 2 is 2.00 bits per heavy atom. The van der Waals surface area contributed by atoms with Gasteiger partial charge in [-0.1, -0.05) is 44.2 Å². The van der Waals surface area contributed by atoms with E-state index in [0.717, 1.165) is 11.3 Å². The largest absolute Gasteiger partial charge is 0.364 e. The number of anilines is 1. The van der Waals surface area contributed by atoms with E-state index in [0.29, 0.717) is 25.5 Å². The lowest BCUT2D eigenvalue weighted by Crippen LogP contribution is -2.63. The summed E-state index contributed by atoms with van der Waals surface area (Å²) in [6, 6.07) is 10.0. The maximum Gasteiger partial charge on any atom is 0.275 e. The summed E-state index contributed by atoms with van der Waals surface area (Å²) in [6.07, 6.45) is 1.49.